The van der Waals surface area contributed by atoms with Crippen LogP contribution < -0.4 is 30.2 Å². The van der Waals surface area contributed by atoms with Gasteiger partial charge in [0.05, 0.1) is 30.7 Å². The third kappa shape index (κ3) is 23.8. The lowest BCUT2D eigenvalue weighted by Crippen LogP contribution is -2.35. The average molecular weight is 1410 g/mol. The molecule has 0 bridgehead atoms. The highest BCUT2D eigenvalue weighted by Crippen LogP contribution is 2.38. The molecule has 0 radical (unpaired) electrons. The van der Waals surface area contributed by atoms with Crippen LogP contribution in [0, 0.1) is 16.7 Å². The number of hydrogen-bond donors (Lipinski definition) is 3. The fraction of sp³-hybridized carbons (Fsp3) is 0.440. The lowest BCUT2D eigenvalue weighted by atomic mass is 9.97. The van der Waals surface area contributed by atoms with Crippen LogP contribution in [0.4, 0.5) is 14.4 Å². The van der Waals surface area contributed by atoms with Crippen LogP contribution >= 0.6 is 35.3 Å². The summed E-state index contributed by atoms with van der Waals surface area (Å²) >= 11 is 3.09. The summed E-state index contributed by atoms with van der Waals surface area (Å²) in [7, 11) is 0. The zero-order valence-electron chi connectivity index (χ0n) is 58.7. The SMILES string of the molecule is CC(C)CC(=O)O[C@H](C)c1ccc(CCOc2ccc(CC3(C)SC(=O)NC3=O)cc2)nc1.C[C@@H](OC(=O)C(C)(C)C)c1ccc(CCOc2ccc(CC3(C)SC(=O)NC3=O)cc2)nc1.C[C@H](OC(=O)C(C)(C)C)c1ccc(CCOc2ccc(CC3(C)SC(=O)NC3=O)cc2)nc1. The predicted molar refractivity (Wildman–Crippen MR) is 381 cm³/mol. The Morgan fingerprint density at radius 2 is 0.687 bits per heavy atom. The molecular formula is C75H90N6O15S3. The molecule has 0 spiro atoms. The van der Waals surface area contributed by atoms with Gasteiger partial charge in [-0.2, -0.15) is 0 Å². The molecule has 9 rings (SSSR count). The van der Waals surface area contributed by atoms with Crippen molar-refractivity contribution in [2.75, 3.05) is 19.8 Å². The lowest BCUT2D eigenvalue weighted by Gasteiger charge is -2.21. The van der Waals surface area contributed by atoms with E-state index in [-0.39, 0.29) is 75.6 Å². The standard InChI is InChI=1S/3C25H30N2O5S/c2*1-16(32-22(29)24(2,3)4)18-8-9-19(26-15-18)12-13-31-20-10-6-17(7-11-20)14-25(5)21(28)27-23(30)33-25;1-16(2)13-22(28)32-17(3)19-7-8-20(26-15-19)11-12-31-21-9-5-18(6-10-21)14-25(4)23(29)27-24(30)33-25/h2*6-11,15-16H,12-14H2,1-5H3,(H,27,28,30);5-10,15-17H,11-14H2,1-4H3,(H,27,29,30)/t2*16-,25?;17-,25?/m101/s1. The Hall–Kier alpha value is -8.61. The van der Waals surface area contributed by atoms with Crippen LogP contribution in [0.15, 0.2) is 128 Å². The summed E-state index contributed by atoms with van der Waals surface area (Å²) in [5, 5.41) is 6.11. The van der Waals surface area contributed by atoms with Crippen LogP contribution in [0.3, 0.4) is 0 Å². The molecule has 6 aromatic rings. The van der Waals surface area contributed by atoms with Gasteiger partial charge >= 0.3 is 17.9 Å². The maximum Gasteiger partial charge on any atom is 0.311 e. The number of imide groups is 3. The molecule has 3 fully saturated rings. The molecule has 6 atom stereocenters. The van der Waals surface area contributed by atoms with Gasteiger partial charge < -0.3 is 28.4 Å². The Bertz CT molecular complexity index is 3640. The van der Waals surface area contributed by atoms with E-state index in [0.717, 1.165) is 103 Å². The quantitative estimate of drug-likeness (QED) is 0.0336. The topological polar surface area (TPSA) is 284 Å². The third-order valence-electron chi connectivity index (χ3n) is 15.9. The first kappa shape index (κ1) is 77.7. The van der Waals surface area contributed by atoms with E-state index in [1.54, 1.807) is 39.4 Å². The normalized spacial score (nSPS) is 19.1. The van der Waals surface area contributed by atoms with Crippen LogP contribution in [0.5, 0.6) is 17.2 Å². The van der Waals surface area contributed by atoms with Gasteiger partial charge in [-0.1, -0.05) is 68.4 Å². The van der Waals surface area contributed by atoms with E-state index in [1.807, 2.05) is 185 Å². The minimum atomic E-state index is -0.778. The van der Waals surface area contributed by atoms with Gasteiger partial charge in [0, 0.05) is 78.0 Å². The molecule has 0 saturated carbocycles. The second kappa shape index (κ2) is 34.4. The molecule has 3 N–H and O–H groups in total. The number of rotatable bonds is 26. The van der Waals surface area contributed by atoms with Gasteiger partial charge in [-0.3, -0.25) is 74.1 Å². The number of ether oxygens (including phenoxy) is 6. The third-order valence-corrected chi connectivity index (χ3v) is 19.1. The molecule has 3 unspecified atom stereocenters. The van der Waals surface area contributed by atoms with Gasteiger partial charge in [0.1, 0.15) is 49.8 Å². The molecule has 6 amide bonds. The Morgan fingerprint density at radius 1 is 0.414 bits per heavy atom. The maximum absolute atomic E-state index is 12.1. The molecule has 528 valence electrons. The largest absolute Gasteiger partial charge is 0.493 e. The van der Waals surface area contributed by atoms with Gasteiger partial charge in [-0.15, -0.1) is 0 Å². The first-order chi connectivity index (χ1) is 46.6. The highest BCUT2D eigenvalue weighted by molar-refractivity contribution is 8.16. The minimum absolute atomic E-state index is 0.200. The first-order valence-electron chi connectivity index (χ1n) is 32.8. The Morgan fingerprint density at radius 3 is 0.909 bits per heavy atom. The summed E-state index contributed by atoms with van der Waals surface area (Å²) < 4.78 is 31.6. The van der Waals surface area contributed by atoms with Crippen molar-refractivity contribution in [3.63, 3.8) is 0 Å². The molecule has 6 heterocycles. The van der Waals surface area contributed by atoms with Crippen LogP contribution in [-0.2, 0) is 81.5 Å². The second-order valence-electron chi connectivity index (χ2n) is 27.6. The second-order valence-corrected chi connectivity index (χ2v) is 32.0. The van der Waals surface area contributed by atoms with E-state index < -0.39 is 25.1 Å². The van der Waals surface area contributed by atoms with Crippen molar-refractivity contribution >= 4 is 86.6 Å². The van der Waals surface area contributed by atoms with Crippen molar-refractivity contribution in [3.05, 3.63) is 178 Å². The number of nitrogens with one attached hydrogen (secondary N) is 3. The number of hydrogen-bond acceptors (Lipinski definition) is 21. The van der Waals surface area contributed by atoms with Crippen molar-refractivity contribution < 1.29 is 71.6 Å². The number of thioether (sulfide) groups is 3. The van der Waals surface area contributed by atoms with E-state index in [4.69, 9.17) is 28.4 Å². The van der Waals surface area contributed by atoms with Crippen molar-refractivity contribution in [1.29, 1.82) is 0 Å². The van der Waals surface area contributed by atoms with E-state index in [1.165, 1.54) is 0 Å². The highest BCUT2D eigenvalue weighted by Gasteiger charge is 2.46. The molecule has 3 aliphatic rings. The number of pyridine rings is 3. The van der Waals surface area contributed by atoms with E-state index in [0.29, 0.717) is 64.8 Å². The molecule has 3 saturated heterocycles. The van der Waals surface area contributed by atoms with Gasteiger partial charge in [0.25, 0.3) is 15.7 Å². The Labute approximate surface area is 592 Å². The van der Waals surface area contributed by atoms with Crippen LogP contribution in [0.2, 0.25) is 0 Å². The fourth-order valence-corrected chi connectivity index (χ4v) is 12.7. The predicted octanol–water partition coefficient (Wildman–Crippen LogP) is 13.9. The van der Waals surface area contributed by atoms with Crippen LogP contribution in [0.25, 0.3) is 0 Å². The van der Waals surface area contributed by atoms with E-state index in [2.05, 4.69) is 30.9 Å². The summed E-state index contributed by atoms with van der Waals surface area (Å²) in [4.78, 5) is 120. The van der Waals surface area contributed by atoms with Gasteiger partial charge in [0.2, 0.25) is 17.7 Å². The zero-order valence-corrected chi connectivity index (χ0v) is 61.1. The molecule has 0 aliphatic carbocycles. The summed E-state index contributed by atoms with van der Waals surface area (Å²) in [6, 6.07) is 34.1. The van der Waals surface area contributed by atoms with E-state index >= 15 is 0 Å². The summed E-state index contributed by atoms with van der Waals surface area (Å²) in [5.74, 6) is 1.00. The number of carbonyl (C=O) groups is 9. The van der Waals surface area contributed by atoms with Gasteiger partial charge in [0.15, 0.2) is 0 Å². The number of esters is 3. The van der Waals surface area contributed by atoms with Crippen LogP contribution in [-0.4, -0.2) is 100 Å². The Balaban J connectivity index is 0.000000209. The number of nitrogens with zero attached hydrogens (tertiary/aromatic N) is 3. The average Bonchev–Trinajstić information content (AvgIpc) is 1.70. The zero-order chi connectivity index (χ0) is 72.5. The van der Waals surface area contributed by atoms with Gasteiger partial charge in [-0.05, 0) is 215 Å². The molecule has 3 aromatic carbocycles. The van der Waals surface area contributed by atoms with Crippen molar-refractivity contribution in [1.82, 2.24) is 30.9 Å². The fourth-order valence-electron chi connectivity index (χ4n) is 9.88. The maximum atomic E-state index is 12.1. The number of aromatic nitrogens is 3. The molecule has 21 nitrogen and oxygen atoms in total. The molecule has 99 heavy (non-hydrogen) atoms. The van der Waals surface area contributed by atoms with Gasteiger partial charge in [-0.25, -0.2) is 0 Å². The monoisotopic (exact) mass is 1410 g/mol. The van der Waals surface area contributed by atoms with E-state index in [9.17, 15) is 43.2 Å². The van der Waals surface area contributed by atoms with Crippen LogP contribution in [0.1, 0.15) is 172 Å². The highest BCUT2D eigenvalue weighted by atomic mass is 32.2. The summed E-state index contributed by atoms with van der Waals surface area (Å²) in [6.45, 7) is 27.2. The molecule has 3 aromatic heterocycles. The molecule has 3 aliphatic heterocycles. The summed E-state index contributed by atoms with van der Waals surface area (Å²) in [6.07, 6.45) is 7.86. The minimum Gasteiger partial charge on any atom is -0.493 e. The van der Waals surface area contributed by atoms with Crippen molar-refractivity contribution in [3.8, 4) is 17.2 Å². The number of amides is 6. The first-order valence-corrected chi connectivity index (χ1v) is 35.3. The summed E-state index contributed by atoms with van der Waals surface area (Å²) in [5.41, 5.74) is 6.99. The number of carbonyl (C=O) groups excluding carboxylic acids is 9. The van der Waals surface area contributed by atoms with Crippen molar-refractivity contribution in [2.24, 2.45) is 16.7 Å². The Kier molecular flexibility index (Phi) is 27.0. The van der Waals surface area contributed by atoms with Crippen molar-refractivity contribution in [2.45, 2.75) is 174 Å². The smallest absolute Gasteiger partial charge is 0.311 e. The molecule has 24 heteroatoms. The number of benzene rings is 3. The lowest BCUT2D eigenvalue weighted by molar-refractivity contribution is -0.158. The molecular weight excluding hydrogens is 1320 g/mol.